The summed E-state index contributed by atoms with van der Waals surface area (Å²) in [5.74, 6) is 0.898. The van der Waals surface area contributed by atoms with Crippen molar-refractivity contribution in [2.24, 2.45) is 10.7 Å². The van der Waals surface area contributed by atoms with Gasteiger partial charge < -0.3 is 15.8 Å². The fourth-order valence-electron chi connectivity index (χ4n) is 2.00. The number of non-ortho nitro benzene ring substituents is 1. The molecule has 0 aromatic heterocycles. The Hall–Kier alpha value is -2.31. The number of guanidine groups is 1. The number of unbranched alkanes of at least 4 members (excludes halogenated alkanes) is 3. The van der Waals surface area contributed by atoms with E-state index in [9.17, 15) is 10.1 Å². The van der Waals surface area contributed by atoms with Crippen LogP contribution in [0.2, 0.25) is 0 Å². The number of ether oxygens (including phenoxy) is 1. The quantitative estimate of drug-likeness (QED) is 0.240. The first-order valence-electron chi connectivity index (χ1n) is 7.43. The summed E-state index contributed by atoms with van der Waals surface area (Å²) >= 11 is 0. The molecule has 0 atom stereocenters. The minimum atomic E-state index is -0.442. The molecule has 3 N–H and O–H groups in total. The zero-order valence-electron chi connectivity index (χ0n) is 13.2. The van der Waals surface area contributed by atoms with Crippen molar-refractivity contribution in [1.29, 1.82) is 0 Å². The second-order valence-corrected chi connectivity index (χ2v) is 4.94. The van der Waals surface area contributed by atoms with E-state index in [1.54, 1.807) is 6.07 Å². The molecule has 0 spiro atoms. The Kier molecular flexibility index (Phi) is 7.74. The van der Waals surface area contributed by atoms with Crippen LogP contribution in [0, 0.1) is 10.1 Å². The molecule has 22 heavy (non-hydrogen) atoms. The molecule has 1 aromatic carbocycles. The van der Waals surface area contributed by atoms with Crippen molar-refractivity contribution in [2.45, 2.75) is 39.2 Å². The van der Waals surface area contributed by atoms with Crippen molar-refractivity contribution in [3.63, 3.8) is 0 Å². The molecule has 0 aliphatic carbocycles. The maximum Gasteiger partial charge on any atom is 0.270 e. The number of nitrogens with zero attached hydrogens (tertiary/aromatic N) is 2. The second-order valence-electron chi connectivity index (χ2n) is 4.94. The number of nitro benzene ring substituents is 1. The van der Waals surface area contributed by atoms with Crippen molar-refractivity contribution in [2.75, 3.05) is 13.7 Å². The van der Waals surface area contributed by atoms with Crippen molar-refractivity contribution >= 4 is 11.6 Å². The van der Waals surface area contributed by atoms with Gasteiger partial charge in [0.1, 0.15) is 5.75 Å². The topological polar surface area (TPSA) is 103 Å². The van der Waals surface area contributed by atoms with Crippen molar-refractivity contribution in [3.8, 4) is 5.75 Å². The maximum atomic E-state index is 10.8. The highest BCUT2D eigenvalue weighted by Crippen LogP contribution is 2.24. The van der Waals surface area contributed by atoms with Crippen LogP contribution in [0.3, 0.4) is 0 Å². The van der Waals surface area contributed by atoms with Crippen LogP contribution < -0.4 is 15.8 Å². The molecule has 0 unspecified atom stereocenters. The van der Waals surface area contributed by atoms with Gasteiger partial charge in [-0.25, -0.2) is 4.99 Å². The third-order valence-electron chi connectivity index (χ3n) is 3.23. The van der Waals surface area contributed by atoms with E-state index >= 15 is 0 Å². The summed E-state index contributed by atoms with van der Waals surface area (Å²) in [5.41, 5.74) is 6.43. The molecule has 0 heterocycles. The SMILES string of the molecule is CCCCCCNC(N)=NCc1cc([N+](=O)[O-])ccc1OC. The molecule has 7 nitrogen and oxygen atoms in total. The third kappa shape index (κ3) is 5.99. The predicted octanol–water partition coefficient (Wildman–Crippen LogP) is 2.59. The lowest BCUT2D eigenvalue weighted by Gasteiger charge is -2.08. The van der Waals surface area contributed by atoms with E-state index in [1.165, 1.54) is 32.1 Å². The highest BCUT2D eigenvalue weighted by molar-refractivity contribution is 5.77. The van der Waals surface area contributed by atoms with Gasteiger partial charge in [0.2, 0.25) is 0 Å². The molecule has 0 saturated carbocycles. The van der Waals surface area contributed by atoms with Crippen LogP contribution >= 0.6 is 0 Å². The monoisotopic (exact) mass is 308 g/mol. The Labute approximate surface area is 130 Å². The number of nitrogens with one attached hydrogen (secondary N) is 1. The maximum absolute atomic E-state index is 10.8. The van der Waals surface area contributed by atoms with E-state index in [2.05, 4.69) is 17.2 Å². The zero-order valence-corrected chi connectivity index (χ0v) is 13.2. The summed E-state index contributed by atoms with van der Waals surface area (Å²) in [7, 11) is 1.52. The van der Waals surface area contributed by atoms with E-state index in [1.807, 2.05) is 0 Å². The molecule has 1 rings (SSSR count). The van der Waals surface area contributed by atoms with Gasteiger partial charge in [0.25, 0.3) is 5.69 Å². The van der Waals surface area contributed by atoms with E-state index in [-0.39, 0.29) is 12.2 Å². The predicted molar refractivity (Wildman–Crippen MR) is 87.1 cm³/mol. The van der Waals surface area contributed by atoms with Gasteiger partial charge in [0, 0.05) is 24.2 Å². The zero-order chi connectivity index (χ0) is 16.4. The van der Waals surface area contributed by atoms with Gasteiger partial charge in [0.15, 0.2) is 5.96 Å². The van der Waals surface area contributed by atoms with Crippen LogP contribution in [0.1, 0.15) is 38.2 Å². The van der Waals surface area contributed by atoms with Gasteiger partial charge >= 0.3 is 0 Å². The lowest BCUT2D eigenvalue weighted by atomic mass is 10.2. The van der Waals surface area contributed by atoms with E-state index in [0.29, 0.717) is 17.3 Å². The largest absolute Gasteiger partial charge is 0.496 e. The molecule has 0 aliphatic heterocycles. The first-order chi connectivity index (χ1) is 10.6. The summed E-state index contributed by atoms with van der Waals surface area (Å²) in [6.45, 7) is 3.18. The number of methoxy groups -OCH3 is 1. The molecule has 122 valence electrons. The van der Waals surface area contributed by atoms with E-state index in [0.717, 1.165) is 19.4 Å². The van der Waals surface area contributed by atoms with E-state index < -0.39 is 4.92 Å². The molecule has 0 saturated heterocycles. The molecule has 0 fully saturated rings. The van der Waals surface area contributed by atoms with Crippen LogP contribution in [0.4, 0.5) is 5.69 Å². The van der Waals surface area contributed by atoms with Crippen molar-refractivity contribution in [1.82, 2.24) is 5.32 Å². The number of benzene rings is 1. The minimum Gasteiger partial charge on any atom is -0.496 e. The van der Waals surface area contributed by atoms with Gasteiger partial charge in [-0.05, 0) is 12.5 Å². The van der Waals surface area contributed by atoms with Gasteiger partial charge in [-0.2, -0.15) is 0 Å². The average molecular weight is 308 g/mol. The molecular weight excluding hydrogens is 284 g/mol. The number of rotatable bonds is 9. The summed E-state index contributed by atoms with van der Waals surface area (Å²) in [6.07, 6.45) is 4.61. The molecule has 1 aromatic rings. The molecular formula is C15H24N4O3. The van der Waals surface area contributed by atoms with Crippen LogP contribution in [0.5, 0.6) is 5.75 Å². The van der Waals surface area contributed by atoms with Crippen LogP contribution in [0.25, 0.3) is 0 Å². The van der Waals surface area contributed by atoms with Gasteiger partial charge in [-0.15, -0.1) is 0 Å². The molecule has 0 bridgehead atoms. The van der Waals surface area contributed by atoms with Crippen molar-refractivity contribution in [3.05, 3.63) is 33.9 Å². The number of aliphatic imine (C=N–C) groups is 1. The Morgan fingerprint density at radius 2 is 2.18 bits per heavy atom. The fourth-order valence-corrected chi connectivity index (χ4v) is 2.00. The summed E-state index contributed by atoms with van der Waals surface area (Å²) in [4.78, 5) is 14.6. The van der Waals surface area contributed by atoms with Gasteiger partial charge in [0.05, 0.1) is 18.6 Å². The van der Waals surface area contributed by atoms with Crippen LogP contribution in [0.15, 0.2) is 23.2 Å². The number of nitro groups is 1. The van der Waals surface area contributed by atoms with Gasteiger partial charge in [-0.1, -0.05) is 26.2 Å². The summed E-state index contributed by atoms with van der Waals surface area (Å²) < 4.78 is 5.18. The van der Waals surface area contributed by atoms with Gasteiger partial charge in [-0.3, -0.25) is 10.1 Å². The minimum absolute atomic E-state index is 0.0112. The average Bonchev–Trinajstić information content (AvgIpc) is 2.52. The van der Waals surface area contributed by atoms with E-state index in [4.69, 9.17) is 10.5 Å². The number of hydrogen-bond donors (Lipinski definition) is 2. The number of nitrogens with two attached hydrogens (primary N) is 1. The Balaban J connectivity index is 2.59. The molecule has 7 heteroatoms. The first kappa shape index (κ1) is 17.7. The summed E-state index contributed by atoms with van der Waals surface area (Å²) in [6, 6.07) is 4.43. The molecule has 0 radical (unpaired) electrons. The fraction of sp³-hybridized carbons (Fsp3) is 0.533. The van der Waals surface area contributed by atoms with Crippen LogP contribution in [-0.4, -0.2) is 24.5 Å². The lowest BCUT2D eigenvalue weighted by Crippen LogP contribution is -2.32. The Morgan fingerprint density at radius 1 is 1.41 bits per heavy atom. The smallest absolute Gasteiger partial charge is 0.270 e. The van der Waals surface area contributed by atoms with Crippen molar-refractivity contribution < 1.29 is 9.66 Å². The second kappa shape index (κ2) is 9.59. The molecule has 0 aliphatic rings. The third-order valence-corrected chi connectivity index (χ3v) is 3.23. The Bertz CT molecular complexity index is 518. The molecule has 0 amide bonds. The standard InChI is InChI=1S/C15H24N4O3/c1-3-4-5-6-9-17-15(16)18-11-12-10-13(19(20)21)7-8-14(12)22-2/h7-8,10H,3-6,9,11H2,1-2H3,(H3,16,17,18). The Morgan fingerprint density at radius 3 is 2.82 bits per heavy atom. The number of hydrogen-bond acceptors (Lipinski definition) is 4. The summed E-state index contributed by atoms with van der Waals surface area (Å²) in [5, 5.41) is 13.9. The highest BCUT2D eigenvalue weighted by atomic mass is 16.6. The highest BCUT2D eigenvalue weighted by Gasteiger charge is 2.10. The lowest BCUT2D eigenvalue weighted by molar-refractivity contribution is -0.384. The van der Waals surface area contributed by atoms with Crippen LogP contribution in [-0.2, 0) is 6.54 Å². The normalized spacial score (nSPS) is 11.3. The first-order valence-corrected chi connectivity index (χ1v) is 7.43.